The molecule has 0 atom stereocenters. The van der Waals surface area contributed by atoms with Crippen molar-refractivity contribution in [1.29, 1.82) is 0 Å². The molecule has 0 aliphatic heterocycles. The molecule has 136 valence electrons. The minimum absolute atomic E-state index is 0.0754. The molecule has 0 saturated heterocycles. The fourth-order valence-electron chi connectivity index (χ4n) is 2.85. The van der Waals surface area contributed by atoms with Gasteiger partial charge >= 0.3 is 0 Å². The van der Waals surface area contributed by atoms with Crippen molar-refractivity contribution in [3.8, 4) is 5.75 Å². The summed E-state index contributed by atoms with van der Waals surface area (Å²) >= 11 is 0. The summed E-state index contributed by atoms with van der Waals surface area (Å²) in [6, 6.07) is 8.00. The van der Waals surface area contributed by atoms with Gasteiger partial charge in [-0.15, -0.1) is 0 Å². The van der Waals surface area contributed by atoms with Gasteiger partial charge in [-0.2, -0.15) is 0 Å². The van der Waals surface area contributed by atoms with Gasteiger partial charge in [0.1, 0.15) is 5.75 Å². The van der Waals surface area contributed by atoms with E-state index < -0.39 is 14.8 Å². The predicted octanol–water partition coefficient (Wildman–Crippen LogP) is 3.38. The van der Waals surface area contributed by atoms with E-state index in [0.29, 0.717) is 5.92 Å². The zero-order chi connectivity index (χ0) is 17.8. The van der Waals surface area contributed by atoms with Crippen molar-refractivity contribution in [2.75, 3.05) is 19.0 Å². The third-order valence-corrected chi connectivity index (χ3v) is 6.92. The van der Waals surface area contributed by atoms with Gasteiger partial charge in [0.05, 0.1) is 11.9 Å². The number of hydrogen-bond acceptors (Lipinski definition) is 4. The lowest BCUT2D eigenvalue weighted by Gasteiger charge is -2.31. The van der Waals surface area contributed by atoms with Crippen LogP contribution >= 0.6 is 0 Å². The molecular formula is C18H30N2O3S. The van der Waals surface area contributed by atoms with E-state index in [-0.39, 0.29) is 6.04 Å². The topological polar surface area (TPSA) is 67.4 Å². The molecule has 0 aromatic heterocycles. The molecule has 0 bridgehead atoms. The SMILES string of the molecule is COc1ccc(NCC2CCC(NS(=O)(=O)C(C)(C)C)CC2)cc1. The number of sulfonamides is 1. The Balaban J connectivity index is 1.76. The summed E-state index contributed by atoms with van der Waals surface area (Å²) in [6.07, 6.45) is 3.90. The van der Waals surface area contributed by atoms with Gasteiger partial charge in [0.25, 0.3) is 0 Å². The Morgan fingerprint density at radius 1 is 1.08 bits per heavy atom. The first-order chi connectivity index (χ1) is 11.2. The van der Waals surface area contributed by atoms with Gasteiger partial charge in [0, 0.05) is 18.3 Å². The Labute approximate surface area is 146 Å². The molecule has 2 rings (SSSR count). The molecule has 24 heavy (non-hydrogen) atoms. The maximum atomic E-state index is 12.2. The summed E-state index contributed by atoms with van der Waals surface area (Å²) in [7, 11) is -1.59. The zero-order valence-electron chi connectivity index (χ0n) is 15.1. The van der Waals surface area contributed by atoms with E-state index in [9.17, 15) is 8.42 Å². The number of rotatable bonds is 6. The average molecular weight is 355 g/mol. The first-order valence-electron chi connectivity index (χ1n) is 8.61. The Kier molecular flexibility index (Phi) is 6.15. The number of anilines is 1. The van der Waals surface area contributed by atoms with Crippen molar-refractivity contribution in [3.05, 3.63) is 24.3 Å². The van der Waals surface area contributed by atoms with Gasteiger partial charge in [0.15, 0.2) is 0 Å². The van der Waals surface area contributed by atoms with Crippen LogP contribution in [0.5, 0.6) is 5.75 Å². The minimum Gasteiger partial charge on any atom is -0.497 e. The van der Waals surface area contributed by atoms with Gasteiger partial charge in [-0.1, -0.05) is 0 Å². The van der Waals surface area contributed by atoms with Crippen molar-refractivity contribution in [2.45, 2.75) is 57.2 Å². The maximum Gasteiger partial charge on any atom is 0.216 e. The van der Waals surface area contributed by atoms with Crippen LogP contribution in [0.4, 0.5) is 5.69 Å². The van der Waals surface area contributed by atoms with E-state index in [0.717, 1.165) is 43.7 Å². The molecular weight excluding hydrogens is 324 g/mol. The van der Waals surface area contributed by atoms with Crippen LogP contribution in [0.15, 0.2) is 24.3 Å². The van der Waals surface area contributed by atoms with Crippen molar-refractivity contribution in [2.24, 2.45) is 5.92 Å². The molecule has 0 amide bonds. The third-order valence-electron chi connectivity index (χ3n) is 4.66. The van der Waals surface area contributed by atoms with E-state index in [1.54, 1.807) is 27.9 Å². The van der Waals surface area contributed by atoms with Gasteiger partial charge in [-0.05, 0) is 76.6 Å². The van der Waals surface area contributed by atoms with E-state index in [2.05, 4.69) is 10.0 Å². The molecule has 1 aromatic rings. The minimum atomic E-state index is -3.25. The molecule has 0 unspecified atom stereocenters. The van der Waals surface area contributed by atoms with E-state index in [1.807, 2.05) is 24.3 Å². The summed E-state index contributed by atoms with van der Waals surface area (Å²) in [5, 5.41) is 3.46. The van der Waals surface area contributed by atoms with Crippen LogP contribution in [0.3, 0.4) is 0 Å². The van der Waals surface area contributed by atoms with Gasteiger partial charge in [-0.25, -0.2) is 13.1 Å². The number of methoxy groups -OCH3 is 1. The van der Waals surface area contributed by atoms with Crippen LogP contribution < -0.4 is 14.8 Å². The molecule has 2 N–H and O–H groups in total. The number of benzene rings is 1. The van der Waals surface area contributed by atoms with Crippen molar-refractivity contribution >= 4 is 15.7 Å². The summed E-state index contributed by atoms with van der Waals surface area (Å²) < 4.78 is 31.7. The molecule has 1 aliphatic carbocycles. The first kappa shape index (κ1) is 19.1. The maximum absolute atomic E-state index is 12.2. The molecule has 1 aliphatic rings. The molecule has 6 heteroatoms. The highest BCUT2D eigenvalue weighted by molar-refractivity contribution is 7.90. The smallest absolute Gasteiger partial charge is 0.216 e. The molecule has 0 heterocycles. The second-order valence-corrected chi connectivity index (χ2v) is 10.0. The fourth-order valence-corrected chi connectivity index (χ4v) is 3.88. The Morgan fingerprint density at radius 3 is 2.17 bits per heavy atom. The zero-order valence-corrected chi connectivity index (χ0v) is 15.9. The highest BCUT2D eigenvalue weighted by Gasteiger charge is 2.32. The lowest BCUT2D eigenvalue weighted by molar-refractivity contribution is 0.322. The largest absolute Gasteiger partial charge is 0.497 e. The number of hydrogen-bond donors (Lipinski definition) is 2. The molecule has 1 aromatic carbocycles. The molecule has 5 nitrogen and oxygen atoms in total. The molecule has 0 spiro atoms. The molecule has 1 saturated carbocycles. The van der Waals surface area contributed by atoms with Crippen LogP contribution in [0.2, 0.25) is 0 Å². The summed E-state index contributed by atoms with van der Waals surface area (Å²) in [4.78, 5) is 0. The van der Waals surface area contributed by atoms with Crippen LogP contribution in [-0.4, -0.2) is 32.9 Å². The van der Waals surface area contributed by atoms with Gasteiger partial charge in [0.2, 0.25) is 10.0 Å². The predicted molar refractivity (Wildman–Crippen MR) is 99.0 cm³/mol. The van der Waals surface area contributed by atoms with E-state index in [4.69, 9.17) is 4.74 Å². The second-order valence-electron chi connectivity index (χ2n) is 7.56. The summed E-state index contributed by atoms with van der Waals surface area (Å²) in [6.45, 7) is 6.13. The Hall–Kier alpha value is -1.27. The molecule has 0 radical (unpaired) electrons. The van der Waals surface area contributed by atoms with E-state index in [1.165, 1.54) is 0 Å². The Morgan fingerprint density at radius 2 is 1.67 bits per heavy atom. The number of nitrogens with one attached hydrogen (secondary N) is 2. The van der Waals surface area contributed by atoms with Gasteiger partial charge < -0.3 is 10.1 Å². The Bertz CT molecular complexity index is 613. The monoisotopic (exact) mass is 354 g/mol. The van der Waals surface area contributed by atoms with Crippen molar-refractivity contribution < 1.29 is 13.2 Å². The summed E-state index contributed by atoms with van der Waals surface area (Å²) in [5.74, 6) is 1.44. The van der Waals surface area contributed by atoms with E-state index >= 15 is 0 Å². The summed E-state index contributed by atoms with van der Waals surface area (Å²) in [5.41, 5.74) is 1.09. The lowest BCUT2D eigenvalue weighted by atomic mass is 9.86. The number of ether oxygens (including phenoxy) is 1. The lowest BCUT2D eigenvalue weighted by Crippen LogP contribution is -2.46. The highest BCUT2D eigenvalue weighted by atomic mass is 32.2. The van der Waals surface area contributed by atoms with Crippen LogP contribution in [0, 0.1) is 5.92 Å². The fraction of sp³-hybridized carbons (Fsp3) is 0.667. The third kappa shape index (κ3) is 5.11. The average Bonchev–Trinajstić information content (AvgIpc) is 2.53. The molecule has 1 fully saturated rings. The normalized spacial score (nSPS) is 22.2. The van der Waals surface area contributed by atoms with Crippen molar-refractivity contribution in [1.82, 2.24) is 4.72 Å². The van der Waals surface area contributed by atoms with Crippen LogP contribution in [0.25, 0.3) is 0 Å². The second kappa shape index (κ2) is 7.74. The standard InChI is InChI=1S/C18H30N2O3S/c1-18(2,3)24(21,22)20-16-7-5-14(6-8-16)13-19-15-9-11-17(23-4)12-10-15/h9-12,14,16,19-20H,5-8,13H2,1-4H3. The first-order valence-corrected chi connectivity index (χ1v) is 10.1. The van der Waals surface area contributed by atoms with Gasteiger partial charge in [-0.3, -0.25) is 0 Å². The van der Waals surface area contributed by atoms with Crippen molar-refractivity contribution in [3.63, 3.8) is 0 Å². The quantitative estimate of drug-likeness (QED) is 0.822. The van der Waals surface area contributed by atoms with Crippen LogP contribution in [-0.2, 0) is 10.0 Å². The highest BCUT2D eigenvalue weighted by Crippen LogP contribution is 2.27. The van der Waals surface area contributed by atoms with Crippen LogP contribution in [0.1, 0.15) is 46.5 Å².